The number of hydrogen-bond donors (Lipinski definition) is 2. The number of H-pyrrole nitrogens is 1. The minimum Gasteiger partial charge on any atom is -0.347 e. The van der Waals surface area contributed by atoms with Gasteiger partial charge in [0.1, 0.15) is 0 Å². The standard InChI is InChI=1S/C15H15BrF3N3O/c1-8(2)12-11(16)13(22-21-12)14(23)20-7-9-3-5-10(6-4-9)15(17,18)19/h3-6,8H,7H2,1-2H3,(H,20,23)(H,21,22). The average molecular weight is 390 g/mol. The Morgan fingerprint density at radius 2 is 1.91 bits per heavy atom. The number of rotatable bonds is 4. The maximum atomic E-state index is 12.5. The molecule has 0 aliphatic heterocycles. The van der Waals surface area contributed by atoms with Crippen LogP contribution in [0.25, 0.3) is 0 Å². The van der Waals surface area contributed by atoms with Crippen LogP contribution in [0.2, 0.25) is 0 Å². The van der Waals surface area contributed by atoms with Gasteiger partial charge in [-0.2, -0.15) is 18.3 Å². The number of carbonyl (C=O) groups is 1. The van der Waals surface area contributed by atoms with Crippen LogP contribution in [0.5, 0.6) is 0 Å². The molecule has 0 saturated carbocycles. The molecule has 0 unspecified atom stereocenters. The summed E-state index contributed by atoms with van der Waals surface area (Å²) in [5.41, 5.74) is 0.886. The molecule has 2 aromatic rings. The van der Waals surface area contributed by atoms with Gasteiger partial charge in [0.05, 0.1) is 15.7 Å². The minimum atomic E-state index is -4.37. The van der Waals surface area contributed by atoms with Crippen LogP contribution in [0.3, 0.4) is 0 Å². The minimum absolute atomic E-state index is 0.118. The quantitative estimate of drug-likeness (QED) is 0.821. The molecule has 8 heteroatoms. The predicted molar refractivity (Wildman–Crippen MR) is 83.0 cm³/mol. The van der Waals surface area contributed by atoms with Crippen LogP contribution >= 0.6 is 15.9 Å². The maximum Gasteiger partial charge on any atom is 0.416 e. The third-order valence-electron chi connectivity index (χ3n) is 3.26. The van der Waals surface area contributed by atoms with E-state index in [4.69, 9.17) is 0 Å². The van der Waals surface area contributed by atoms with E-state index in [0.717, 1.165) is 17.8 Å². The molecule has 0 saturated heterocycles. The Morgan fingerprint density at radius 3 is 2.39 bits per heavy atom. The Hall–Kier alpha value is -1.83. The highest BCUT2D eigenvalue weighted by Crippen LogP contribution is 2.29. The van der Waals surface area contributed by atoms with Crippen molar-refractivity contribution in [2.75, 3.05) is 0 Å². The van der Waals surface area contributed by atoms with Crippen molar-refractivity contribution in [3.05, 3.63) is 51.3 Å². The third-order valence-corrected chi connectivity index (χ3v) is 4.06. The van der Waals surface area contributed by atoms with Crippen molar-refractivity contribution in [3.63, 3.8) is 0 Å². The van der Waals surface area contributed by atoms with Crippen LogP contribution in [-0.2, 0) is 12.7 Å². The summed E-state index contributed by atoms with van der Waals surface area (Å²) in [6.45, 7) is 4.04. The van der Waals surface area contributed by atoms with Gasteiger partial charge in [-0.05, 0) is 39.5 Å². The van der Waals surface area contributed by atoms with Crippen LogP contribution in [-0.4, -0.2) is 16.1 Å². The molecule has 0 atom stereocenters. The highest BCUT2D eigenvalue weighted by molar-refractivity contribution is 9.10. The van der Waals surface area contributed by atoms with Gasteiger partial charge in [0.15, 0.2) is 5.69 Å². The molecule has 0 radical (unpaired) electrons. The van der Waals surface area contributed by atoms with Crippen molar-refractivity contribution in [1.82, 2.24) is 15.5 Å². The highest BCUT2D eigenvalue weighted by Gasteiger charge is 2.29. The van der Waals surface area contributed by atoms with Crippen LogP contribution in [0.1, 0.15) is 47.1 Å². The molecular formula is C15H15BrF3N3O. The molecule has 0 fully saturated rings. The predicted octanol–water partition coefficient (Wildman–Crippen LogP) is 4.24. The van der Waals surface area contributed by atoms with Gasteiger partial charge in [-0.15, -0.1) is 0 Å². The summed E-state index contributed by atoms with van der Waals surface area (Å²) in [6, 6.07) is 4.65. The SMILES string of the molecule is CC(C)c1[nH]nc(C(=O)NCc2ccc(C(F)(F)F)cc2)c1Br. The molecule has 1 amide bonds. The van der Waals surface area contributed by atoms with Crippen LogP contribution in [0.15, 0.2) is 28.7 Å². The summed E-state index contributed by atoms with van der Waals surface area (Å²) in [5, 5.41) is 9.39. The smallest absolute Gasteiger partial charge is 0.347 e. The first-order valence-corrected chi connectivity index (χ1v) is 7.67. The molecule has 23 heavy (non-hydrogen) atoms. The Balaban J connectivity index is 2.02. The molecule has 124 valence electrons. The summed E-state index contributed by atoms with van der Waals surface area (Å²) in [7, 11) is 0. The van der Waals surface area contributed by atoms with Crippen molar-refractivity contribution < 1.29 is 18.0 Å². The summed E-state index contributed by atoms with van der Waals surface area (Å²) >= 11 is 3.33. The number of nitrogens with one attached hydrogen (secondary N) is 2. The second kappa shape index (κ2) is 6.74. The Morgan fingerprint density at radius 1 is 1.30 bits per heavy atom. The van der Waals surface area contributed by atoms with Gasteiger partial charge in [-0.3, -0.25) is 9.89 Å². The zero-order chi connectivity index (χ0) is 17.2. The molecule has 2 N–H and O–H groups in total. The fourth-order valence-electron chi connectivity index (χ4n) is 1.95. The van der Waals surface area contributed by atoms with Crippen molar-refractivity contribution in [1.29, 1.82) is 0 Å². The van der Waals surface area contributed by atoms with E-state index >= 15 is 0 Å². The van der Waals surface area contributed by atoms with Crippen molar-refractivity contribution >= 4 is 21.8 Å². The molecule has 4 nitrogen and oxygen atoms in total. The first kappa shape index (κ1) is 17.5. The Kier molecular flexibility index (Phi) is 5.13. The number of alkyl halides is 3. The fraction of sp³-hybridized carbons (Fsp3) is 0.333. The molecule has 0 bridgehead atoms. The van der Waals surface area contributed by atoms with E-state index in [1.165, 1.54) is 12.1 Å². The number of nitrogens with zero attached hydrogens (tertiary/aromatic N) is 1. The topological polar surface area (TPSA) is 57.8 Å². The molecule has 1 aromatic carbocycles. The Bertz CT molecular complexity index is 693. The van der Waals surface area contributed by atoms with Gasteiger partial charge in [-0.25, -0.2) is 0 Å². The van der Waals surface area contributed by atoms with Crippen LogP contribution in [0.4, 0.5) is 13.2 Å². The highest BCUT2D eigenvalue weighted by atomic mass is 79.9. The average Bonchev–Trinajstić information content (AvgIpc) is 2.86. The summed E-state index contributed by atoms with van der Waals surface area (Å²) in [5.74, 6) is -0.228. The number of amides is 1. The first-order chi connectivity index (χ1) is 10.7. The van der Waals surface area contributed by atoms with Gasteiger partial charge >= 0.3 is 6.18 Å². The molecular weight excluding hydrogens is 375 g/mol. The molecule has 1 heterocycles. The van der Waals surface area contributed by atoms with E-state index in [-0.39, 0.29) is 18.2 Å². The zero-order valence-corrected chi connectivity index (χ0v) is 14.0. The molecule has 1 aromatic heterocycles. The largest absolute Gasteiger partial charge is 0.416 e. The summed E-state index contributed by atoms with van der Waals surface area (Å²) in [6.07, 6.45) is -4.37. The van der Waals surface area contributed by atoms with Crippen molar-refractivity contribution in [3.8, 4) is 0 Å². The number of carbonyl (C=O) groups excluding carboxylic acids is 1. The van der Waals surface area contributed by atoms with Crippen LogP contribution in [0, 0.1) is 0 Å². The van der Waals surface area contributed by atoms with Gasteiger partial charge in [0.2, 0.25) is 0 Å². The normalized spacial score (nSPS) is 11.8. The molecule has 0 aliphatic rings. The number of aromatic nitrogens is 2. The fourth-order valence-corrected chi connectivity index (χ4v) is 2.77. The van der Waals surface area contributed by atoms with Crippen molar-refractivity contribution in [2.24, 2.45) is 0 Å². The van der Waals surface area contributed by atoms with E-state index in [2.05, 4.69) is 31.4 Å². The number of halogens is 4. The van der Waals surface area contributed by atoms with Crippen molar-refractivity contribution in [2.45, 2.75) is 32.5 Å². The maximum absolute atomic E-state index is 12.5. The van der Waals surface area contributed by atoms with Crippen LogP contribution < -0.4 is 5.32 Å². The lowest BCUT2D eigenvalue weighted by atomic mass is 10.1. The Labute approximate surface area is 139 Å². The second-order valence-electron chi connectivity index (χ2n) is 5.33. The van der Waals surface area contributed by atoms with E-state index in [9.17, 15) is 18.0 Å². The van der Waals surface area contributed by atoms with E-state index in [0.29, 0.717) is 10.0 Å². The van der Waals surface area contributed by atoms with E-state index in [1.807, 2.05) is 13.8 Å². The number of aromatic amines is 1. The lowest BCUT2D eigenvalue weighted by Crippen LogP contribution is -2.23. The third kappa shape index (κ3) is 4.13. The lowest BCUT2D eigenvalue weighted by Gasteiger charge is -2.08. The molecule has 0 spiro atoms. The first-order valence-electron chi connectivity index (χ1n) is 6.88. The molecule has 0 aliphatic carbocycles. The van der Waals surface area contributed by atoms with Gasteiger partial charge in [0.25, 0.3) is 5.91 Å². The number of hydrogen-bond acceptors (Lipinski definition) is 2. The van der Waals surface area contributed by atoms with E-state index in [1.54, 1.807) is 0 Å². The molecule has 2 rings (SSSR count). The summed E-state index contributed by atoms with van der Waals surface area (Å²) < 4.78 is 38.0. The monoisotopic (exact) mass is 389 g/mol. The second-order valence-corrected chi connectivity index (χ2v) is 6.12. The zero-order valence-electron chi connectivity index (χ0n) is 12.5. The summed E-state index contributed by atoms with van der Waals surface area (Å²) in [4.78, 5) is 12.1. The van der Waals surface area contributed by atoms with Gasteiger partial charge in [0, 0.05) is 6.54 Å². The van der Waals surface area contributed by atoms with E-state index < -0.39 is 17.6 Å². The van der Waals surface area contributed by atoms with Gasteiger partial charge < -0.3 is 5.32 Å². The lowest BCUT2D eigenvalue weighted by molar-refractivity contribution is -0.137. The van der Waals surface area contributed by atoms with Gasteiger partial charge in [-0.1, -0.05) is 26.0 Å². The number of benzene rings is 1.